The number of ether oxygens (including phenoxy) is 2. The minimum atomic E-state index is -0.0677. The zero-order valence-electron chi connectivity index (χ0n) is 22.1. The van der Waals surface area contributed by atoms with Gasteiger partial charge in [-0.05, 0) is 42.5 Å². The van der Waals surface area contributed by atoms with Crippen LogP contribution in [0.2, 0.25) is 0 Å². The van der Waals surface area contributed by atoms with E-state index in [9.17, 15) is 9.59 Å². The largest absolute Gasteiger partial charge is 0.496 e. The number of methoxy groups -OCH3 is 1. The highest BCUT2D eigenvalue weighted by atomic mass is 16.5. The summed E-state index contributed by atoms with van der Waals surface area (Å²) in [5.74, 6) is 1.51. The molecular formula is C31H37N3O4. The average molecular weight is 516 g/mol. The van der Waals surface area contributed by atoms with Crippen molar-refractivity contribution in [3.05, 3.63) is 95.1 Å². The summed E-state index contributed by atoms with van der Waals surface area (Å²) in [6.45, 7) is 3.16. The van der Waals surface area contributed by atoms with Gasteiger partial charge in [0.1, 0.15) is 11.5 Å². The van der Waals surface area contributed by atoms with E-state index in [-0.39, 0.29) is 24.8 Å². The van der Waals surface area contributed by atoms with Crippen molar-refractivity contribution in [2.45, 2.75) is 45.3 Å². The molecule has 2 amide bonds. The summed E-state index contributed by atoms with van der Waals surface area (Å²) in [5, 5.41) is 6.05. The number of hydrogen-bond acceptors (Lipinski definition) is 5. The maximum atomic E-state index is 12.8. The molecule has 200 valence electrons. The lowest BCUT2D eigenvalue weighted by Crippen LogP contribution is -2.37. The van der Waals surface area contributed by atoms with Crippen molar-refractivity contribution in [3.63, 3.8) is 0 Å². The molecule has 3 aromatic carbocycles. The van der Waals surface area contributed by atoms with E-state index in [4.69, 9.17) is 9.47 Å². The van der Waals surface area contributed by atoms with Crippen LogP contribution in [0.5, 0.6) is 11.5 Å². The Balaban J connectivity index is 1.50. The van der Waals surface area contributed by atoms with Gasteiger partial charge in [0.15, 0.2) is 0 Å². The summed E-state index contributed by atoms with van der Waals surface area (Å²) >= 11 is 0. The lowest BCUT2D eigenvalue weighted by molar-refractivity contribution is -0.122. The first-order chi connectivity index (χ1) is 18.6. The third-order valence-electron chi connectivity index (χ3n) is 6.57. The highest BCUT2D eigenvalue weighted by Gasteiger charge is 2.17. The smallest absolute Gasteiger partial charge is 0.234 e. The van der Waals surface area contributed by atoms with Gasteiger partial charge in [0, 0.05) is 37.3 Å². The van der Waals surface area contributed by atoms with E-state index in [0.717, 1.165) is 53.0 Å². The molecule has 0 radical (unpaired) electrons. The Kier molecular flexibility index (Phi) is 10.2. The molecule has 0 aromatic heterocycles. The molecule has 7 nitrogen and oxygen atoms in total. The number of hydrogen-bond donors (Lipinski definition) is 2. The molecule has 0 saturated carbocycles. The first-order valence-corrected chi connectivity index (χ1v) is 13.3. The third-order valence-corrected chi connectivity index (χ3v) is 6.57. The fourth-order valence-electron chi connectivity index (χ4n) is 4.62. The molecule has 1 aliphatic rings. The van der Waals surface area contributed by atoms with Crippen molar-refractivity contribution >= 4 is 11.8 Å². The van der Waals surface area contributed by atoms with Crippen molar-refractivity contribution < 1.29 is 19.1 Å². The van der Waals surface area contributed by atoms with Gasteiger partial charge in [0.25, 0.3) is 0 Å². The number of para-hydroxylation sites is 1. The highest BCUT2D eigenvalue weighted by Crippen LogP contribution is 2.24. The Morgan fingerprint density at radius 3 is 2.63 bits per heavy atom. The van der Waals surface area contributed by atoms with Crippen LogP contribution in [-0.4, -0.2) is 43.5 Å². The maximum absolute atomic E-state index is 12.8. The normalized spacial score (nSPS) is 15.0. The van der Waals surface area contributed by atoms with Crippen LogP contribution in [-0.2, 0) is 35.6 Å². The monoisotopic (exact) mass is 515 g/mol. The summed E-state index contributed by atoms with van der Waals surface area (Å²) < 4.78 is 11.6. The molecule has 0 atom stereocenters. The lowest BCUT2D eigenvalue weighted by atomic mass is 10.1. The van der Waals surface area contributed by atoms with Gasteiger partial charge in [-0.15, -0.1) is 0 Å². The van der Waals surface area contributed by atoms with Crippen LogP contribution in [0.4, 0.5) is 0 Å². The summed E-state index contributed by atoms with van der Waals surface area (Å²) in [4.78, 5) is 27.6. The summed E-state index contributed by atoms with van der Waals surface area (Å²) in [5.41, 5.74) is 3.94. The number of fused-ring (bicyclic) bond motifs is 1. The topological polar surface area (TPSA) is 79.9 Å². The Morgan fingerprint density at radius 1 is 0.974 bits per heavy atom. The van der Waals surface area contributed by atoms with Crippen molar-refractivity contribution in [1.29, 1.82) is 0 Å². The van der Waals surface area contributed by atoms with E-state index >= 15 is 0 Å². The van der Waals surface area contributed by atoms with E-state index in [2.05, 4.69) is 27.7 Å². The fourth-order valence-corrected chi connectivity index (χ4v) is 4.62. The van der Waals surface area contributed by atoms with Crippen LogP contribution in [0.25, 0.3) is 0 Å². The first kappa shape index (κ1) is 27.2. The highest BCUT2D eigenvalue weighted by molar-refractivity contribution is 5.79. The van der Waals surface area contributed by atoms with Crippen molar-refractivity contribution in [1.82, 2.24) is 15.5 Å². The third kappa shape index (κ3) is 8.35. The summed E-state index contributed by atoms with van der Waals surface area (Å²) in [6, 6.07) is 23.8. The van der Waals surface area contributed by atoms with Gasteiger partial charge in [0.2, 0.25) is 11.8 Å². The number of carbonyl (C=O) groups excluding carboxylic acids is 2. The zero-order chi connectivity index (χ0) is 26.6. The molecular weight excluding hydrogens is 478 g/mol. The molecule has 0 aliphatic carbocycles. The van der Waals surface area contributed by atoms with Gasteiger partial charge in [-0.25, -0.2) is 0 Å². The number of nitrogens with one attached hydrogen (secondary N) is 2. The Hall–Kier alpha value is -3.84. The van der Waals surface area contributed by atoms with Gasteiger partial charge in [-0.1, -0.05) is 60.7 Å². The number of rotatable bonds is 7. The first-order valence-electron chi connectivity index (χ1n) is 13.3. The molecule has 0 fully saturated rings. The molecule has 2 N–H and O–H groups in total. The quantitative estimate of drug-likeness (QED) is 0.492. The maximum Gasteiger partial charge on any atom is 0.234 e. The van der Waals surface area contributed by atoms with E-state index in [1.807, 2.05) is 60.7 Å². The van der Waals surface area contributed by atoms with Crippen molar-refractivity contribution in [2.24, 2.45) is 0 Å². The molecule has 0 spiro atoms. The van der Waals surface area contributed by atoms with Crippen LogP contribution in [0.3, 0.4) is 0 Å². The van der Waals surface area contributed by atoms with E-state index in [1.54, 1.807) is 7.11 Å². The van der Waals surface area contributed by atoms with Crippen LogP contribution in [0.1, 0.15) is 41.5 Å². The molecule has 1 aliphatic heterocycles. The molecule has 7 heteroatoms. The van der Waals surface area contributed by atoms with Crippen LogP contribution in [0, 0.1) is 0 Å². The summed E-state index contributed by atoms with van der Waals surface area (Å²) in [6.07, 6.45) is 3.11. The molecule has 0 bridgehead atoms. The second-order valence-corrected chi connectivity index (χ2v) is 9.60. The predicted molar refractivity (Wildman–Crippen MR) is 148 cm³/mol. The molecule has 38 heavy (non-hydrogen) atoms. The van der Waals surface area contributed by atoms with Gasteiger partial charge in [-0.3, -0.25) is 14.5 Å². The van der Waals surface area contributed by atoms with Gasteiger partial charge in [0.05, 0.1) is 26.7 Å². The molecule has 3 aromatic rings. The number of nitrogens with zero attached hydrogens (tertiary/aromatic N) is 1. The minimum Gasteiger partial charge on any atom is -0.496 e. The summed E-state index contributed by atoms with van der Waals surface area (Å²) in [7, 11) is 1.63. The van der Waals surface area contributed by atoms with E-state index < -0.39 is 0 Å². The standard InChI is InChI=1S/C31H37N3O4/c1-37-28-13-7-6-12-26(28)20-33-30(35)19-25-14-15-29-27(18-25)22-34(21-24-10-4-2-5-11-24)23-31(36)32-16-8-3-9-17-38-29/h2,4-7,10-15,18H,3,8-9,16-17,19-23H2,1H3,(H,32,36)(H,33,35). The molecule has 0 unspecified atom stereocenters. The second kappa shape index (κ2) is 14.2. The van der Waals surface area contributed by atoms with Gasteiger partial charge >= 0.3 is 0 Å². The van der Waals surface area contributed by atoms with E-state index in [0.29, 0.717) is 32.8 Å². The Labute approximate surface area is 225 Å². The van der Waals surface area contributed by atoms with Crippen LogP contribution >= 0.6 is 0 Å². The SMILES string of the molecule is COc1ccccc1CNC(=O)Cc1ccc2c(c1)CN(Cc1ccccc1)CC(=O)NCCCCCO2. The molecule has 4 rings (SSSR count). The zero-order valence-corrected chi connectivity index (χ0v) is 22.1. The Bertz CT molecular complexity index is 1200. The van der Waals surface area contributed by atoms with Gasteiger partial charge in [-0.2, -0.15) is 0 Å². The lowest BCUT2D eigenvalue weighted by Gasteiger charge is -2.23. The number of benzene rings is 3. The Morgan fingerprint density at radius 2 is 1.79 bits per heavy atom. The predicted octanol–water partition coefficient (Wildman–Crippen LogP) is 4.24. The fraction of sp³-hybridized carbons (Fsp3) is 0.355. The second-order valence-electron chi connectivity index (χ2n) is 9.60. The minimum absolute atomic E-state index is 0.0227. The van der Waals surface area contributed by atoms with Crippen molar-refractivity contribution in [3.8, 4) is 11.5 Å². The van der Waals surface area contributed by atoms with Crippen molar-refractivity contribution in [2.75, 3.05) is 26.8 Å². The van der Waals surface area contributed by atoms with Crippen LogP contribution in [0.15, 0.2) is 72.8 Å². The molecule has 1 heterocycles. The average Bonchev–Trinajstić information content (AvgIpc) is 2.94. The van der Waals surface area contributed by atoms with Gasteiger partial charge < -0.3 is 20.1 Å². The number of carbonyl (C=O) groups is 2. The molecule has 0 saturated heterocycles. The van der Waals surface area contributed by atoms with E-state index in [1.165, 1.54) is 0 Å². The number of amides is 2. The van der Waals surface area contributed by atoms with Crippen LogP contribution < -0.4 is 20.1 Å².